The molecule has 0 aliphatic heterocycles. The summed E-state index contributed by atoms with van der Waals surface area (Å²) < 4.78 is 16.9. The van der Waals surface area contributed by atoms with Crippen molar-refractivity contribution in [2.45, 2.75) is 32.6 Å². The minimum absolute atomic E-state index is 0.125. The van der Waals surface area contributed by atoms with Crippen molar-refractivity contribution in [3.8, 4) is 23.3 Å². The third-order valence-electron chi connectivity index (χ3n) is 4.36. The molecule has 0 bridgehead atoms. The van der Waals surface area contributed by atoms with Crippen molar-refractivity contribution in [1.29, 1.82) is 5.26 Å². The van der Waals surface area contributed by atoms with E-state index in [2.05, 4.69) is 31.3 Å². The zero-order chi connectivity index (χ0) is 21.1. The first-order chi connectivity index (χ1) is 14.0. The highest BCUT2D eigenvalue weighted by molar-refractivity contribution is 5.77. The summed E-state index contributed by atoms with van der Waals surface area (Å²) in [5, 5.41) is 11.2. The van der Waals surface area contributed by atoms with Gasteiger partial charge in [-0.25, -0.2) is 0 Å². The molecule has 0 spiro atoms. The van der Waals surface area contributed by atoms with Crippen LogP contribution >= 0.6 is 0 Å². The van der Waals surface area contributed by atoms with Gasteiger partial charge >= 0.3 is 0 Å². The van der Waals surface area contributed by atoms with Crippen LogP contribution in [0.1, 0.15) is 37.3 Å². The van der Waals surface area contributed by atoms with E-state index in [1.807, 2.05) is 36.4 Å². The molecule has 154 valence electrons. The summed E-state index contributed by atoms with van der Waals surface area (Å²) in [5.74, 6) is 2.32. The highest BCUT2D eigenvalue weighted by Crippen LogP contribution is 2.28. The Morgan fingerprint density at radius 3 is 2.45 bits per heavy atom. The van der Waals surface area contributed by atoms with Gasteiger partial charge in [0, 0.05) is 6.54 Å². The lowest BCUT2D eigenvalue weighted by atomic mass is 10.0. The molecule has 0 unspecified atom stereocenters. The fourth-order valence-corrected chi connectivity index (χ4v) is 2.73. The van der Waals surface area contributed by atoms with E-state index in [0.29, 0.717) is 43.6 Å². The topological polar surface area (TPSA) is 80.6 Å². The second-order valence-electron chi connectivity index (χ2n) is 6.84. The molecule has 0 aliphatic carbocycles. The molecule has 2 aromatic carbocycles. The maximum absolute atomic E-state index is 11.3. The number of benzene rings is 2. The average molecular weight is 396 g/mol. The van der Waals surface area contributed by atoms with E-state index in [4.69, 9.17) is 19.5 Å². The van der Waals surface area contributed by atoms with Gasteiger partial charge in [-0.15, -0.1) is 0 Å². The van der Waals surface area contributed by atoms with Gasteiger partial charge in [-0.05, 0) is 47.7 Å². The van der Waals surface area contributed by atoms with Crippen LogP contribution in [0.3, 0.4) is 0 Å². The van der Waals surface area contributed by atoms with Crippen molar-refractivity contribution in [2.75, 3.05) is 26.9 Å². The van der Waals surface area contributed by atoms with Crippen LogP contribution in [-0.2, 0) is 11.2 Å². The molecule has 0 atom stereocenters. The molecule has 0 aliphatic rings. The van der Waals surface area contributed by atoms with Gasteiger partial charge in [0.2, 0.25) is 5.91 Å². The highest BCUT2D eigenvalue weighted by atomic mass is 16.5. The maximum Gasteiger partial charge on any atom is 0.234 e. The number of amides is 1. The lowest BCUT2D eigenvalue weighted by molar-refractivity contribution is -0.120. The Balaban J connectivity index is 1.79. The van der Waals surface area contributed by atoms with Gasteiger partial charge in [-0.2, -0.15) is 5.26 Å². The lowest BCUT2D eigenvalue weighted by Crippen LogP contribution is -2.24. The molecule has 0 heterocycles. The molecular formula is C23H28N2O4. The van der Waals surface area contributed by atoms with Crippen LogP contribution in [0.5, 0.6) is 17.2 Å². The van der Waals surface area contributed by atoms with Crippen LogP contribution in [0.2, 0.25) is 0 Å². The van der Waals surface area contributed by atoms with Crippen LogP contribution in [0, 0.1) is 11.3 Å². The summed E-state index contributed by atoms with van der Waals surface area (Å²) in [7, 11) is 1.59. The van der Waals surface area contributed by atoms with Crippen LogP contribution < -0.4 is 19.5 Å². The Hall–Kier alpha value is -3.20. The first-order valence-corrected chi connectivity index (χ1v) is 9.69. The lowest BCUT2D eigenvalue weighted by Gasteiger charge is -2.13. The molecule has 0 radical (unpaired) electrons. The van der Waals surface area contributed by atoms with Crippen molar-refractivity contribution < 1.29 is 19.0 Å². The molecule has 0 saturated carbocycles. The van der Waals surface area contributed by atoms with Crippen LogP contribution in [-0.4, -0.2) is 32.8 Å². The summed E-state index contributed by atoms with van der Waals surface area (Å²) in [6.07, 6.45) is 0.517. The minimum atomic E-state index is -0.265. The largest absolute Gasteiger partial charge is 0.493 e. The average Bonchev–Trinajstić information content (AvgIpc) is 2.72. The number of nitrogens with one attached hydrogen (secondary N) is 1. The van der Waals surface area contributed by atoms with Gasteiger partial charge < -0.3 is 19.5 Å². The molecule has 2 rings (SSSR count). The SMILES string of the molecule is COc1cc(CCNC(=O)CC#N)ccc1OCCOc1ccc(C(C)C)cc1. The van der Waals surface area contributed by atoms with Crippen LogP contribution in [0.4, 0.5) is 0 Å². The number of hydrogen-bond acceptors (Lipinski definition) is 5. The van der Waals surface area contributed by atoms with Gasteiger partial charge in [0.25, 0.3) is 0 Å². The molecule has 6 heteroatoms. The predicted molar refractivity (Wildman–Crippen MR) is 111 cm³/mol. The Morgan fingerprint density at radius 1 is 1.07 bits per heavy atom. The van der Waals surface area contributed by atoms with Crippen LogP contribution in [0.25, 0.3) is 0 Å². The van der Waals surface area contributed by atoms with Gasteiger partial charge in [0.15, 0.2) is 11.5 Å². The van der Waals surface area contributed by atoms with Crippen molar-refractivity contribution in [2.24, 2.45) is 0 Å². The molecule has 2 aromatic rings. The Morgan fingerprint density at radius 2 is 1.79 bits per heavy atom. The Labute approximate surface area is 172 Å². The fraction of sp³-hybridized carbons (Fsp3) is 0.391. The van der Waals surface area contributed by atoms with Gasteiger partial charge in [0.1, 0.15) is 25.4 Å². The van der Waals surface area contributed by atoms with E-state index in [1.165, 1.54) is 5.56 Å². The van der Waals surface area contributed by atoms with E-state index < -0.39 is 0 Å². The number of carbonyl (C=O) groups excluding carboxylic acids is 1. The van der Waals surface area contributed by atoms with E-state index in [1.54, 1.807) is 7.11 Å². The minimum Gasteiger partial charge on any atom is -0.493 e. The fourth-order valence-electron chi connectivity index (χ4n) is 2.73. The Kier molecular flexibility index (Phi) is 8.84. The van der Waals surface area contributed by atoms with Crippen molar-refractivity contribution in [3.63, 3.8) is 0 Å². The smallest absolute Gasteiger partial charge is 0.234 e. The predicted octanol–water partition coefficient (Wildman–Crippen LogP) is 3.85. The van der Waals surface area contributed by atoms with E-state index in [0.717, 1.165) is 11.3 Å². The molecular weight excluding hydrogens is 368 g/mol. The molecule has 0 saturated heterocycles. The molecule has 1 amide bonds. The number of methoxy groups -OCH3 is 1. The highest BCUT2D eigenvalue weighted by Gasteiger charge is 2.07. The van der Waals surface area contributed by atoms with Crippen molar-refractivity contribution in [1.82, 2.24) is 5.32 Å². The first-order valence-electron chi connectivity index (χ1n) is 9.69. The zero-order valence-corrected chi connectivity index (χ0v) is 17.2. The van der Waals surface area contributed by atoms with E-state index >= 15 is 0 Å². The second-order valence-corrected chi connectivity index (χ2v) is 6.84. The Bertz CT molecular complexity index is 826. The number of nitriles is 1. The summed E-state index contributed by atoms with van der Waals surface area (Å²) in [6, 6.07) is 15.6. The molecule has 1 N–H and O–H groups in total. The standard InChI is InChI=1S/C23H28N2O4/c1-17(2)19-5-7-20(8-6-19)28-14-15-29-21-9-4-18(16-22(21)27-3)11-13-25-23(26)10-12-24/h4-9,16-17H,10-11,13-15H2,1-3H3,(H,25,26). The van der Waals surface area contributed by atoms with Crippen molar-refractivity contribution in [3.05, 3.63) is 53.6 Å². The normalized spacial score (nSPS) is 10.3. The molecule has 6 nitrogen and oxygen atoms in total. The molecule has 0 fully saturated rings. The van der Waals surface area contributed by atoms with Gasteiger partial charge in [-0.1, -0.05) is 32.0 Å². The van der Waals surface area contributed by atoms with Crippen molar-refractivity contribution >= 4 is 5.91 Å². The number of hydrogen-bond donors (Lipinski definition) is 1. The zero-order valence-electron chi connectivity index (χ0n) is 17.2. The monoisotopic (exact) mass is 396 g/mol. The summed E-state index contributed by atoms with van der Waals surface area (Å²) >= 11 is 0. The van der Waals surface area contributed by atoms with Crippen LogP contribution in [0.15, 0.2) is 42.5 Å². The number of rotatable bonds is 11. The summed E-state index contributed by atoms with van der Waals surface area (Å²) in [4.78, 5) is 11.3. The summed E-state index contributed by atoms with van der Waals surface area (Å²) in [5.41, 5.74) is 2.29. The molecule has 0 aromatic heterocycles. The van der Waals surface area contributed by atoms with E-state index in [-0.39, 0.29) is 12.3 Å². The summed E-state index contributed by atoms with van der Waals surface area (Å²) in [6.45, 7) is 5.61. The van der Waals surface area contributed by atoms with Gasteiger partial charge in [-0.3, -0.25) is 4.79 Å². The second kappa shape index (κ2) is 11.6. The quantitative estimate of drug-likeness (QED) is 0.584. The van der Waals surface area contributed by atoms with Gasteiger partial charge in [0.05, 0.1) is 13.2 Å². The van der Waals surface area contributed by atoms with E-state index in [9.17, 15) is 4.79 Å². The molecule has 29 heavy (non-hydrogen) atoms. The first kappa shape index (κ1) is 22.1. The third kappa shape index (κ3) is 7.38. The number of nitrogens with zero attached hydrogens (tertiary/aromatic N) is 1. The third-order valence-corrected chi connectivity index (χ3v) is 4.36. The number of carbonyl (C=O) groups is 1. The maximum atomic E-state index is 11.3. The number of ether oxygens (including phenoxy) is 3.